The molecule has 1 aliphatic heterocycles. The molecule has 3 rings (SSSR count). The van der Waals surface area contributed by atoms with Gasteiger partial charge < -0.3 is 10.1 Å². The van der Waals surface area contributed by atoms with E-state index in [0.29, 0.717) is 25.8 Å². The number of hydrogen-bond acceptors (Lipinski definition) is 4. The van der Waals surface area contributed by atoms with Gasteiger partial charge in [-0.15, -0.1) is 0 Å². The van der Waals surface area contributed by atoms with Gasteiger partial charge in [0.2, 0.25) is 0 Å². The van der Waals surface area contributed by atoms with Gasteiger partial charge in [0.25, 0.3) is 0 Å². The topological polar surface area (TPSA) is 82.2 Å². The molecule has 0 radical (unpaired) electrons. The van der Waals surface area contributed by atoms with Crippen LogP contribution in [0.4, 0.5) is 10.5 Å². The fourth-order valence-corrected chi connectivity index (χ4v) is 7.05. The second-order valence-corrected chi connectivity index (χ2v) is 12.8. The maximum absolute atomic E-state index is 14.4. The zero-order valence-electron chi connectivity index (χ0n) is 20.1. The number of allylic oxidation sites excluding steroid dienone is 2. The zero-order valence-corrected chi connectivity index (χ0v) is 21.0. The third-order valence-electron chi connectivity index (χ3n) is 5.98. The van der Waals surface area contributed by atoms with E-state index in [2.05, 4.69) is 5.32 Å². The Bertz CT molecular complexity index is 970. The number of hydrogen-bond donors (Lipinski definition) is 1. The van der Waals surface area contributed by atoms with E-state index >= 15 is 0 Å². The van der Waals surface area contributed by atoms with Crippen LogP contribution in [0, 0.1) is 0 Å². The SMILES string of the molecule is CN(C)P(=O)(N(C)C)N1C2=CC(=O)CC[C@@]2(CCNC(=O)OC(C)(C)C)c2ccccc21. The van der Waals surface area contributed by atoms with Gasteiger partial charge in [-0.25, -0.2) is 14.1 Å². The molecule has 0 aromatic heterocycles. The Morgan fingerprint density at radius 1 is 1.19 bits per heavy atom. The highest BCUT2D eigenvalue weighted by Gasteiger charge is 2.54. The van der Waals surface area contributed by atoms with Gasteiger partial charge in [0, 0.05) is 30.2 Å². The molecule has 176 valence electrons. The summed E-state index contributed by atoms with van der Waals surface area (Å²) in [6.45, 7) is 5.84. The van der Waals surface area contributed by atoms with Gasteiger partial charge in [0.1, 0.15) is 5.60 Å². The minimum Gasteiger partial charge on any atom is -0.444 e. The summed E-state index contributed by atoms with van der Waals surface area (Å²) in [6.07, 6.45) is 2.76. The standard InChI is InChI=1S/C23H35N4O4P/c1-22(2,3)31-21(29)24-15-14-23-13-12-17(28)16-20(23)27(19-11-9-8-10-18(19)23)32(30,25(4)5)26(6)7/h8-11,16H,12-15H2,1-7H3,(H,24,29)/t23-/m1/s1. The highest BCUT2D eigenvalue weighted by Crippen LogP contribution is 2.66. The maximum atomic E-state index is 14.4. The average molecular weight is 463 g/mol. The summed E-state index contributed by atoms with van der Waals surface area (Å²) in [5.74, 6) is 0.0256. The average Bonchev–Trinajstić information content (AvgIpc) is 2.96. The molecule has 1 atom stereocenters. The summed E-state index contributed by atoms with van der Waals surface area (Å²) < 4.78 is 25.0. The van der Waals surface area contributed by atoms with E-state index in [1.54, 1.807) is 43.6 Å². The first-order valence-corrected chi connectivity index (χ1v) is 12.5. The molecule has 9 heteroatoms. The van der Waals surface area contributed by atoms with Crippen molar-refractivity contribution in [2.45, 2.75) is 51.0 Å². The first-order chi connectivity index (χ1) is 14.8. The van der Waals surface area contributed by atoms with E-state index in [1.807, 2.05) is 49.7 Å². The van der Waals surface area contributed by atoms with Crippen molar-refractivity contribution in [2.24, 2.45) is 0 Å². The van der Waals surface area contributed by atoms with Gasteiger partial charge in [0.05, 0.1) is 5.69 Å². The number of carbonyl (C=O) groups is 2. The van der Waals surface area contributed by atoms with Gasteiger partial charge >= 0.3 is 13.7 Å². The lowest BCUT2D eigenvalue weighted by molar-refractivity contribution is -0.115. The number of amides is 1. The highest BCUT2D eigenvalue weighted by molar-refractivity contribution is 7.61. The van der Waals surface area contributed by atoms with Crippen LogP contribution in [0.15, 0.2) is 36.0 Å². The molecule has 0 saturated heterocycles. The molecule has 1 aromatic carbocycles. The minimum absolute atomic E-state index is 0.0256. The number of nitrogens with zero attached hydrogens (tertiary/aromatic N) is 3. The molecule has 1 heterocycles. The third-order valence-corrected chi connectivity index (χ3v) is 9.02. The van der Waals surface area contributed by atoms with Crippen molar-refractivity contribution in [3.8, 4) is 0 Å². The second-order valence-electron chi connectivity index (χ2n) is 9.79. The van der Waals surface area contributed by atoms with Gasteiger partial charge in [-0.3, -0.25) is 14.0 Å². The maximum Gasteiger partial charge on any atom is 0.407 e. The monoisotopic (exact) mass is 462 g/mol. The van der Waals surface area contributed by atoms with Crippen LogP contribution in [-0.2, 0) is 19.5 Å². The number of nitrogens with one attached hydrogen (secondary N) is 1. The molecule has 0 fully saturated rings. The summed E-state index contributed by atoms with van der Waals surface area (Å²) in [7, 11) is 3.95. The number of para-hydroxylation sites is 1. The van der Waals surface area contributed by atoms with Crippen LogP contribution in [0.5, 0.6) is 0 Å². The number of anilines is 1. The van der Waals surface area contributed by atoms with E-state index < -0.39 is 24.7 Å². The molecule has 1 N–H and O–H groups in total. The number of carbonyl (C=O) groups excluding carboxylic acids is 2. The Balaban J connectivity index is 2.04. The molecule has 1 amide bonds. The van der Waals surface area contributed by atoms with E-state index in [-0.39, 0.29) is 5.78 Å². The summed E-state index contributed by atoms with van der Waals surface area (Å²) in [4.78, 5) is 24.8. The first kappa shape index (κ1) is 24.5. The lowest BCUT2D eigenvalue weighted by Crippen LogP contribution is -2.41. The molecule has 8 nitrogen and oxygen atoms in total. The molecule has 0 saturated carbocycles. The normalized spacial score (nSPS) is 20.8. The van der Waals surface area contributed by atoms with Crippen LogP contribution in [0.2, 0.25) is 0 Å². The van der Waals surface area contributed by atoms with Crippen molar-refractivity contribution < 1.29 is 18.9 Å². The summed E-state index contributed by atoms with van der Waals surface area (Å²) >= 11 is 0. The molecule has 32 heavy (non-hydrogen) atoms. The van der Waals surface area contributed by atoms with Crippen LogP contribution >= 0.6 is 7.59 Å². The van der Waals surface area contributed by atoms with Gasteiger partial charge in [-0.2, -0.15) is 0 Å². The van der Waals surface area contributed by atoms with Crippen LogP contribution in [0.3, 0.4) is 0 Å². The van der Waals surface area contributed by atoms with Crippen molar-refractivity contribution in [3.63, 3.8) is 0 Å². The van der Waals surface area contributed by atoms with Crippen molar-refractivity contribution in [1.82, 2.24) is 14.7 Å². The Morgan fingerprint density at radius 2 is 1.81 bits per heavy atom. The molecule has 2 aliphatic rings. The first-order valence-electron chi connectivity index (χ1n) is 10.9. The quantitative estimate of drug-likeness (QED) is 0.637. The summed E-state index contributed by atoms with van der Waals surface area (Å²) in [5.41, 5.74) is 1.53. The Morgan fingerprint density at radius 3 is 2.41 bits per heavy atom. The molecule has 0 bridgehead atoms. The highest BCUT2D eigenvalue weighted by atomic mass is 31.2. The number of ketones is 1. The lowest BCUT2D eigenvalue weighted by atomic mass is 9.70. The number of benzene rings is 1. The Kier molecular flexibility index (Phi) is 6.62. The number of alkyl carbamates (subject to hydrolysis) is 1. The van der Waals surface area contributed by atoms with E-state index in [1.165, 1.54) is 0 Å². The summed E-state index contributed by atoms with van der Waals surface area (Å²) in [6, 6.07) is 7.90. The van der Waals surface area contributed by atoms with Crippen LogP contribution in [0.25, 0.3) is 0 Å². The smallest absolute Gasteiger partial charge is 0.407 e. The van der Waals surface area contributed by atoms with Crippen LogP contribution in [0.1, 0.15) is 45.6 Å². The van der Waals surface area contributed by atoms with E-state index in [4.69, 9.17) is 4.74 Å². The van der Waals surface area contributed by atoms with Crippen molar-refractivity contribution in [1.29, 1.82) is 0 Å². The van der Waals surface area contributed by atoms with Crippen molar-refractivity contribution in [3.05, 3.63) is 41.6 Å². The van der Waals surface area contributed by atoms with Crippen molar-refractivity contribution >= 4 is 25.2 Å². The summed E-state index contributed by atoms with van der Waals surface area (Å²) in [5, 5.41) is 2.85. The third kappa shape index (κ3) is 4.24. The predicted octanol–water partition coefficient (Wildman–Crippen LogP) is 4.14. The molecule has 0 unspecified atom stereocenters. The van der Waals surface area contributed by atoms with Crippen molar-refractivity contribution in [2.75, 3.05) is 39.4 Å². The number of ether oxygens (including phenoxy) is 1. The fourth-order valence-electron chi connectivity index (χ4n) is 4.63. The molecule has 1 aliphatic carbocycles. The van der Waals surface area contributed by atoms with Gasteiger partial charge in [0.15, 0.2) is 5.78 Å². The second kappa shape index (κ2) is 8.65. The zero-order chi connectivity index (χ0) is 23.9. The molecule has 0 spiro atoms. The number of rotatable bonds is 6. The lowest BCUT2D eigenvalue weighted by Gasteiger charge is -2.42. The minimum atomic E-state index is -3.21. The Labute approximate surface area is 191 Å². The number of fused-ring (bicyclic) bond motifs is 3. The van der Waals surface area contributed by atoms with Gasteiger partial charge in [-0.1, -0.05) is 18.2 Å². The fraction of sp³-hybridized carbons (Fsp3) is 0.565. The van der Waals surface area contributed by atoms with E-state index in [9.17, 15) is 14.2 Å². The molecular formula is C23H35N4O4P. The Hall–Kier alpha value is -2.15. The molecule has 1 aromatic rings. The van der Waals surface area contributed by atoms with Crippen LogP contribution in [-0.4, -0.2) is 61.6 Å². The molecular weight excluding hydrogens is 427 g/mol. The van der Waals surface area contributed by atoms with Gasteiger partial charge in [-0.05, 0) is 73.4 Å². The van der Waals surface area contributed by atoms with E-state index in [0.717, 1.165) is 16.9 Å². The predicted molar refractivity (Wildman–Crippen MR) is 127 cm³/mol. The largest absolute Gasteiger partial charge is 0.444 e. The van der Waals surface area contributed by atoms with Crippen LogP contribution < -0.4 is 9.99 Å².